The molecule has 0 fully saturated rings. The Morgan fingerprint density at radius 3 is 2.65 bits per heavy atom. The Kier molecular flexibility index (Phi) is 5.75. The zero-order valence-corrected chi connectivity index (χ0v) is 15.4. The van der Waals surface area contributed by atoms with Gasteiger partial charge in [-0.15, -0.1) is 0 Å². The molecule has 0 aliphatic carbocycles. The standard InChI is InChI=1S/C18H15BrO7/c1-22-8-9-23-15(20)10-24-18-16(21)11-4-2-3-5-12(11)26-17(18)13-6-7-14(19)25-13/h2-7H,8-10H2,1H3. The van der Waals surface area contributed by atoms with Gasteiger partial charge in [-0.1, -0.05) is 12.1 Å². The average molecular weight is 423 g/mol. The predicted molar refractivity (Wildman–Crippen MR) is 96.2 cm³/mol. The molecule has 0 aliphatic rings. The largest absolute Gasteiger partial charge is 0.474 e. The summed E-state index contributed by atoms with van der Waals surface area (Å²) in [4.78, 5) is 24.5. The van der Waals surface area contributed by atoms with Crippen LogP contribution >= 0.6 is 15.9 Å². The van der Waals surface area contributed by atoms with Gasteiger partial charge in [-0.05, 0) is 40.2 Å². The Hall–Kier alpha value is -2.58. The fourth-order valence-corrected chi connectivity index (χ4v) is 2.57. The minimum Gasteiger partial charge on any atom is -0.474 e. The molecule has 0 unspecified atom stereocenters. The number of benzene rings is 1. The molecule has 0 N–H and O–H groups in total. The van der Waals surface area contributed by atoms with Gasteiger partial charge in [0.2, 0.25) is 16.9 Å². The van der Waals surface area contributed by atoms with E-state index in [9.17, 15) is 9.59 Å². The number of carbonyl (C=O) groups is 1. The number of methoxy groups -OCH3 is 1. The van der Waals surface area contributed by atoms with Gasteiger partial charge in [-0.3, -0.25) is 4.79 Å². The van der Waals surface area contributed by atoms with Gasteiger partial charge in [0.25, 0.3) is 0 Å². The van der Waals surface area contributed by atoms with Crippen molar-refractivity contribution in [1.29, 1.82) is 0 Å². The molecule has 0 spiro atoms. The number of hydrogen-bond acceptors (Lipinski definition) is 7. The van der Waals surface area contributed by atoms with E-state index < -0.39 is 18.0 Å². The summed E-state index contributed by atoms with van der Waals surface area (Å²) in [5, 5.41) is 0.338. The highest BCUT2D eigenvalue weighted by atomic mass is 79.9. The topological polar surface area (TPSA) is 88.1 Å². The zero-order chi connectivity index (χ0) is 18.5. The second-order valence-electron chi connectivity index (χ2n) is 5.19. The zero-order valence-electron chi connectivity index (χ0n) is 13.8. The van der Waals surface area contributed by atoms with Crippen LogP contribution in [-0.4, -0.2) is 32.9 Å². The molecule has 7 nitrogen and oxygen atoms in total. The molecule has 3 aromatic rings. The van der Waals surface area contributed by atoms with Crippen LogP contribution in [-0.2, 0) is 14.3 Å². The first-order chi connectivity index (χ1) is 12.6. The third-order valence-electron chi connectivity index (χ3n) is 3.44. The molecule has 3 rings (SSSR count). The number of ether oxygens (including phenoxy) is 3. The van der Waals surface area contributed by atoms with E-state index in [1.165, 1.54) is 7.11 Å². The van der Waals surface area contributed by atoms with Crippen molar-refractivity contribution in [2.45, 2.75) is 0 Å². The summed E-state index contributed by atoms with van der Waals surface area (Å²) in [5.74, 6) is -0.345. The lowest BCUT2D eigenvalue weighted by atomic mass is 10.2. The number of para-hydroxylation sites is 1. The second kappa shape index (κ2) is 8.20. The van der Waals surface area contributed by atoms with Crippen molar-refractivity contribution in [2.75, 3.05) is 26.9 Å². The second-order valence-corrected chi connectivity index (χ2v) is 5.97. The Morgan fingerprint density at radius 1 is 1.12 bits per heavy atom. The first kappa shape index (κ1) is 18.2. The molecule has 8 heteroatoms. The number of furan rings is 1. The van der Waals surface area contributed by atoms with Gasteiger partial charge in [0.15, 0.2) is 17.0 Å². The van der Waals surface area contributed by atoms with Crippen molar-refractivity contribution in [2.24, 2.45) is 0 Å². The van der Waals surface area contributed by atoms with Crippen molar-refractivity contribution in [1.82, 2.24) is 0 Å². The predicted octanol–water partition coefficient (Wildman–Crippen LogP) is 3.38. The van der Waals surface area contributed by atoms with E-state index >= 15 is 0 Å². The van der Waals surface area contributed by atoms with E-state index in [2.05, 4.69) is 15.9 Å². The molecule has 136 valence electrons. The molecule has 1 aromatic carbocycles. The van der Waals surface area contributed by atoms with Crippen LogP contribution in [0, 0.1) is 0 Å². The molecule has 0 amide bonds. The Balaban J connectivity index is 1.95. The van der Waals surface area contributed by atoms with Crippen LogP contribution < -0.4 is 10.2 Å². The lowest BCUT2D eigenvalue weighted by molar-refractivity contribution is -0.147. The van der Waals surface area contributed by atoms with Gasteiger partial charge in [-0.25, -0.2) is 4.79 Å². The summed E-state index contributed by atoms with van der Waals surface area (Å²) in [7, 11) is 1.50. The Morgan fingerprint density at radius 2 is 1.92 bits per heavy atom. The molecule has 2 heterocycles. The van der Waals surface area contributed by atoms with Crippen LogP contribution in [0.15, 0.2) is 54.7 Å². The van der Waals surface area contributed by atoms with Gasteiger partial charge in [-0.2, -0.15) is 0 Å². The van der Waals surface area contributed by atoms with E-state index in [4.69, 9.17) is 23.0 Å². The maximum Gasteiger partial charge on any atom is 0.344 e. The molecular weight excluding hydrogens is 408 g/mol. The van der Waals surface area contributed by atoms with Crippen LogP contribution in [0.5, 0.6) is 5.75 Å². The van der Waals surface area contributed by atoms with Crippen molar-refractivity contribution in [3.05, 3.63) is 51.3 Å². The van der Waals surface area contributed by atoms with E-state index in [1.54, 1.807) is 36.4 Å². The SMILES string of the molecule is COCCOC(=O)COc1c(-c2ccc(Br)o2)oc2ccccc2c1=O. The van der Waals surface area contributed by atoms with Crippen LogP contribution in [0.1, 0.15) is 0 Å². The van der Waals surface area contributed by atoms with E-state index in [0.717, 1.165) is 0 Å². The highest BCUT2D eigenvalue weighted by Gasteiger charge is 2.21. The third-order valence-corrected chi connectivity index (χ3v) is 3.86. The fourth-order valence-electron chi connectivity index (χ4n) is 2.27. The number of esters is 1. The highest BCUT2D eigenvalue weighted by Crippen LogP contribution is 2.33. The summed E-state index contributed by atoms with van der Waals surface area (Å²) in [6, 6.07) is 10.0. The van der Waals surface area contributed by atoms with Gasteiger partial charge in [0.05, 0.1) is 12.0 Å². The summed E-state index contributed by atoms with van der Waals surface area (Å²) >= 11 is 3.21. The molecule has 26 heavy (non-hydrogen) atoms. The number of rotatable bonds is 7. The Bertz CT molecular complexity index is 973. The molecule has 2 aromatic heterocycles. The smallest absolute Gasteiger partial charge is 0.344 e. The maximum absolute atomic E-state index is 12.8. The van der Waals surface area contributed by atoms with Crippen LogP contribution in [0.3, 0.4) is 0 Å². The molecular formula is C18H15BrO7. The molecule has 0 saturated heterocycles. The van der Waals surface area contributed by atoms with Crippen molar-refractivity contribution >= 4 is 32.9 Å². The maximum atomic E-state index is 12.8. The minimum absolute atomic E-state index is 0.100. The highest BCUT2D eigenvalue weighted by molar-refractivity contribution is 9.10. The summed E-state index contributed by atoms with van der Waals surface area (Å²) in [5.41, 5.74) is -0.0193. The van der Waals surface area contributed by atoms with E-state index in [1.807, 2.05) is 0 Å². The van der Waals surface area contributed by atoms with Gasteiger partial charge in [0, 0.05) is 7.11 Å². The van der Waals surface area contributed by atoms with Gasteiger partial charge < -0.3 is 23.0 Å². The van der Waals surface area contributed by atoms with Crippen molar-refractivity contribution in [3.8, 4) is 17.3 Å². The number of hydrogen-bond donors (Lipinski definition) is 0. The normalized spacial score (nSPS) is 10.8. The van der Waals surface area contributed by atoms with Crippen molar-refractivity contribution in [3.63, 3.8) is 0 Å². The molecule has 0 aliphatic heterocycles. The fraction of sp³-hybridized carbons (Fsp3) is 0.222. The van der Waals surface area contributed by atoms with E-state index in [-0.39, 0.29) is 24.7 Å². The van der Waals surface area contributed by atoms with Crippen LogP contribution in [0.4, 0.5) is 0 Å². The van der Waals surface area contributed by atoms with Crippen molar-refractivity contribution < 1.29 is 27.8 Å². The summed E-state index contributed by atoms with van der Waals surface area (Å²) in [6.07, 6.45) is 0. The summed E-state index contributed by atoms with van der Waals surface area (Å²) in [6.45, 7) is -0.0692. The quantitative estimate of drug-likeness (QED) is 0.425. The molecule has 0 saturated carbocycles. The number of halogens is 1. The van der Waals surface area contributed by atoms with E-state index in [0.29, 0.717) is 21.4 Å². The molecule has 0 atom stereocenters. The molecule has 0 bridgehead atoms. The van der Waals surface area contributed by atoms with Crippen LogP contribution in [0.2, 0.25) is 0 Å². The summed E-state index contributed by atoms with van der Waals surface area (Å²) < 4.78 is 26.9. The average Bonchev–Trinajstić information content (AvgIpc) is 3.07. The van der Waals surface area contributed by atoms with Crippen LogP contribution in [0.25, 0.3) is 22.5 Å². The van der Waals surface area contributed by atoms with Gasteiger partial charge in [0.1, 0.15) is 12.2 Å². The molecule has 0 radical (unpaired) electrons. The first-order valence-electron chi connectivity index (χ1n) is 7.69. The first-order valence-corrected chi connectivity index (χ1v) is 8.48. The Labute approximate surface area is 156 Å². The van der Waals surface area contributed by atoms with Gasteiger partial charge >= 0.3 is 5.97 Å². The lowest BCUT2D eigenvalue weighted by Gasteiger charge is -2.10. The number of carbonyl (C=O) groups excluding carboxylic acids is 1. The third kappa shape index (κ3) is 3.97. The lowest BCUT2D eigenvalue weighted by Crippen LogP contribution is -2.20. The minimum atomic E-state index is -0.624. The number of fused-ring (bicyclic) bond motifs is 1. The monoisotopic (exact) mass is 422 g/mol.